The van der Waals surface area contributed by atoms with Crippen LogP contribution in [0.15, 0.2) is 18.2 Å². The van der Waals surface area contributed by atoms with E-state index < -0.39 is 11.7 Å². The molecule has 1 aromatic rings. The van der Waals surface area contributed by atoms with Gasteiger partial charge in [0.25, 0.3) is 5.91 Å². The van der Waals surface area contributed by atoms with Crippen molar-refractivity contribution in [3.63, 3.8) is 0 Å². The highest BCUT2D eigenvalue weighted by molar-refractivity contribution is 6.33. The Morgan fingerprint density at radius 1 is 1.17 bits per heavy atom. The van der Waals surface area contributed by atoms with Gasteiger partial charge in [0.1, 0.15) is 5.82 Å². The molecule has 24 heavy (non-hydrogen) atoms. The molecule has 0 N–H and O–H groups in total. The fourth-order valence-corrected chi connectivity index (χ4v) is 3.51. The zero-order chi connectivity index (χ0) is 17.1. The number of hydrogen-bond acceptors (Lipinski definition) is 3. The van der Waals surface area contributed by atoms with Crippen LogP contribution < -0.4 is 0 Å². The fraction of sp³-hybridized carbons (Fsp3) is 0.529. The van der Waals surface area contributed by atoms with Gasteiger partial charge in [0.2, 0.25) is 5.91 Å². The molecule has 2 heterocycles. The Hall–Kier alpha value is -1.66. The topological polar surface area (TPSA) is 49.9 Å². The van der Waals surface area contributed by atoms with Gasteiger partial charge in [-0.2, -0.15) is 0 Å². The van der Waals surface area contributed by atoms with Crippen LogP contribution in [-0.2, 0) is 9.53 Å². The quantitative estimate of drug-likeness (QED) is 0.818. The van der Waals surface area contributed by atoms with Crippen LogP contribution in [0.4, 0.5) is 4.39 Å². The van der Waals surface area contributed by atoms with E-state index in [-0.39, 0.29) is 22.4 Å². The van der Waals surface area contributed by atoms with E-state index >= 15 is 0 Å². The van der Waals surface area contributed by atoms with E-state index in [1.165, 1.54) is 23.1 Å². The number of carbonyl (C=O) groups is 2. The summed E-state index contributed by atoms with van der Waals surface area (Å²) in [6.45, 7) is 3.08. The van der Waals surface area contributed by atoms with Crippen molar-refractivity contribution >= 4 is 23.4 Å². The maximum Gasteiger partial charge on any atom is 0.258 e. The third-order valence-corrected chi connectivity index (χ3v) is 4.87. The first-order chi connectivity index (χ1) is 11.6. The first-order valence-electron chi connectivity index (χ1n) is 8.17. The van der Waals surface area contributed by atoms with Crippen molar-refractivity contribution in [2.75, 3.05) is 39.4 Å². The average Bonchev–Trinajstić information content (AvgIpc) is 2.61. The number of likely N-dealkylation sites (tertiary alicyclic amines) is 1. The Morgan fingerprint density at radius 2 is 1.92 bits per heavy atom. The van der Waals surface area contributed by atoms with Crippen molar-refractivity contribution in [3.8, 4) is 0 Å². The second-order valence-corrected chi connectivity index (χ2v) is 6.53. The van der Waals surface area contributed by atoms with Gasteiger partial charge in [-0.15, -0.1) is 0 Å². The lowest BCUT2D eigenvalue weighted by atomic mass is 9.95. The van der Waals surface area contributed by atoms with Gasteiger partial charge in [0.05, 0.1) is 29.7 Å². The summed E-state index contributed by atoms with van der Waals surface area (Å²) in [5, 5.41) is 0.0987. The molecule has 2 aliphatic rings. The highest BCUT2D eigenvalue weighted by Crippen LogP contribution is 2.25. The van der Waals surface area contributed by atoms with Crippen LogP contribution in [0, 0.1) is 11.7 Å². The maximum atomic E-state index is 14.0. The molecule has 1 aromatic carbocycles. The van der Waals surface area contributed by atoms with Crippen LogP contribution in [-0.4, -0.2) is 61.0 Å². The lowest BCUT2D eigenvalue weighted by Gasteiger charge is -2.36. The summed E-state index contributed by atoms with van der Waals surface area (Å²) in [7, 11) is 0. The average molecular weight is 355 g/mol. The highest BCUT2D eigenvalue weighted by Gasteiger charge is 2.33. The molecule has 5 nitrogen and oxygen atoms in total. The van der Waals surface area contributed by atoms with Crippen molar-refractivity contribution in [2.45, 2.75) is 12.8 Å². The monoisotopic (exact) mass is 354 g/mol. The van der Waals surface area contributed by atoms with Gasteiger partial charge < -0.3 is 14.5 Å². The van der Waals surface area contributed by atoms with Gasteiger partial charge in [-0.1, -0.05) is 17.7 Å². The van der Waals surface area contributed by atoms with Crippen LogP contribution in [0.1, 0.15) is 23.2 Å². The lowest BCUT2D eigenvalue weighted by Crippen LogP contribution is -2.49. The number of carbonyl (C=O) groups excluding carboxylic acids is 2. The third-order valence-electron chi connectivity index (χ3n) is 4.56. The molecule has 2 amide bonds. The predicted molar refractivity (Wildman–Crippen MR) is 87.4 cm³/mol. The molecule has 1 atom stereocenters. The Balaban J connectivity index is 1.71. The minimum Gasteiger partial charge on any atom is -0.378 e. The molecule has 0 aromatic heterocycles. The first-order valence-corrected chi connectivity index (χ1v) is 8.55. The number of piperidine rings is 1. The molecule has 0 spiro atoms. The Morgan fingerprint density at radius 3 is 2.62 bits per heavy atom. The van der Waals surface area contributed by atoms with Crippen LogP contribution >= 0.6 is 11.6 Å². The van der Waals surface area contributed by atoms with E-state index in [2.05, 4.69) is 0 Å². The van der Waals surface area contributed by atoms with Crippen molar-refractivity contribution in [1.82, 2.24) is 9.80 Å². The van der Waals surface area contributed by atoms with E-state index in [1.54, 1.807) is 4.90 Å². The van der Waals surface area contributed by atoms with E-state index in [0.29, 0.717) is 39.4 Å². The summed E-state index contributed by atoms with van der Waals surface area (Å²) in [5.74, 6) is -1.27. The molecule has 2 aliphatic heterocycles. The minimum atomic E-state index is -0.630. The molecular weight excluding hydrogens is 335 g/mol. The summed E-state index contributed by atoms with van der Waals surface area (Å²) in [6, 6.07) is 4.19. The van der Waals surface area contributed by atoms with Crippen LogP contribution in [0.25, 0.3) is 0 Å². The fourth-order valence-electron chi connectivity index (χ4n) is 3.27. The number of nitrogens with zero attached hydrogens (tertiary/aromatic N) is 2. The van der Waals surface area contributed by atoms with Gasteiger partial charge >= 0.3 is 0 Å². The Labute approximate surface area is 145 Å². The summed E-state index contributed by atoms with van der Waals surface area (Å²) in [4.78, 5) is 28.6. The maximum absolute atomic E-state index is 14.0. The normalized spacial score (nSPS) is 21.7. The van der Waals surface area contributed by atoms with E-state index in [0.717, 1.165) is 12.8 Å². The summed E-state index contributed by atoms with van der Waals surface area (Å²) in [5.41, 5.74) is -0.112. The molecule has 1 unspecified atom stereocenters. The van der Waals surface area contributed by atoms with Gasteiger partial charge in [-0.05, 0) is 25.0 Å². The van der Waals surface area contributed by atoms with Gasteiger partial charge in [-0.3, -0.25) is 9.59 Å². The molecule has 2 saturated heterocycles. The summed E-state index contributed by atoms with van der Waals surface area (Å²) < 4.78 is 19.2. The van der Waals surface area contributed by atoms with Gasteiger partial charge in [0.15, 0.2) is 0 Å². The molecule has 2 fully saturated rings. The number of halogens is 2. The molecular formula is C17H20ClFN2O3. The molecule has 0 bridgehead atoms. The Bertz CT molecular complexity index is 614. The number of morpholine rings is 1. The summed E-state index contributed by atoms with van der Waals surface area (Å²) in [6.07, 6.45) is 1.46. The third kappa shape index (κ3) is 3.54. The molecule has 7 heteroatoms. The number of ether oxygens (including phenoxy) is 1. The predicted octanol–water partition coefficient (Wildman–Crippen LogP) is 2.19. The first kappa shape index (κ1) is 17.2. The number of amides is 2. The Kier molecular flexibility index (Phi) is 5.36. The lowest BCUT2D eigenvalue weighted by molar-refractivity contribution is -0.141. The van der Waals surface area contributed by atoms with E-state index in [1.807, 2.05) is 0 Å². The van der Waals surface area contributed by atoms with Crippen molar-refractivity contribution < 1.29 is 18.7 Å². The van der Waals surface area contributed by atoms with Crippen molar-refractivity contribution in [1.29, 1.82) is 0 Å². The van der Waals surface area contributed by atoms with Crippen molar-refractivity contribution in [3.05, 3.63) is 34.6 Å². The van der Waals surface area contributed by atoms with E-state index in [4.69, 9.17) is 16.3 Å². The summed E-state index contributed by atoms with van der Waals surface area (Å²) >= 11 is 5.99. The van der Waals surface area contributed by atoms with Crippen molar-refractivity contribution in [2.24, 2.45) is 5.92 Å². The van der Waals surface area contributed by atoms with Crippen LogP contribution in [0.3, 0.4) is 0 Å². The number of hydrogen-bond donors (Lipinski definition) is 0. The number of rotatable bonds is 2. The zero-order valence-electron chi connectivity index (χ0n) is 13.3. The van der Waals surface area contributed by atoms with Crippen LogP contribution in [0.5, 0.6) is 0 Å². The molecule has 3 rings (SSSR count). The highest BCUT2D eigenvalue weighted by atomic mass is 35.5. The largest absolute Gasteiger partial charge is 0.378 e. The smallest absolute Gasteiger partial charge is 0.258 e. The van der Waals surface area contributed by atoms with E-state index in [9.17, 15) is 14.0 Å². The second-order valence-electron chi connectivity index (χ2n) is 6.12. The minimum absolute atomic E-state index is 0.0513. The molecule has 0 saturated carbocycles. The van der Waals surface area contributed by atoms with Crippen LogP contribution in [0.2, 0.25) is 5.02 Å². The number of benzene rings is 1. The SMILES string of the molecule is O=C(c1c(F)cccc1Cl)N1CCCC(C(=O)N2CCOCC2)C1. The van der Waals surface area contributed by atoms with Gasteiger partial charge in [-0.25, -0.2) is 4.39 Å². The second kappa shape index (κ2) is 7.49. The standard InChI is InChI=1S/C17H20ClFN2O3/c18-13-4-1-5-14(19)15(13)17(23)21-6-2-3-12(11-21)16(22)20-7-9-24-10-8-20/h1,4-5,12H,2-3,6-11H2. The molecule has 0 aliphatic carbocycles. The van der Waals surface area contributed by atoms with Gasteiger partial charge in [0, 0.05) is 26.2 Å². The molecule has 130 valence electrons. The zero-order valence-corrected chi connectivity index (χ0v) is 14.1. The molecule has 0 radical (unpaired) electrons.